The second-order valence-electron chi connectivity index (χ2n) is 6.48. The number of anilines is 1. The van der Waals surface area contributed by atoms with Gasteiger partial charge in [-0.1, -0.05) is 36.7 Å². The summed E-state index contributed by atoms with van der Waals surface area (Å²) < 4.78 is 6.52. The molecular formula is C16H24BrNO. The number of halogens is 1. The van der Waals surface area contributed by atoms with E-state index in [0.717, 1.165) is 15.9 Å². The van der Waals surface area contributed by atoms with Gasteiger partial charge in [-0.25, -0.2) is 0 Å². The summed E-state index contributed by atoms with van der Waals surface area (Å²) in [4.78, 5) is 0. The highest BCUT2D eigenvalue weighted by molar-refractivity contribution is 9.10. The van der Waals surface area contributed by atoms with Crippen LogP contribution in [0, 0.1) is 11.3 Å². The summed E-state index contributed by atoms with van der Waals surface area (Å²) in [6.07, 6.45) is 3.79. The molecule has 0 spiro atoms. The third-order valence-electron chi connectivity index (χ3n) is 4.20. The Bertz CT molecular complexity index is 444. The van der Waals surface area contributed by atoms with Crippen molar-refractivity contribution in [3.8, 4) is 5.75 Å². The minimum absolute atomic E-state index is 0.485. The van der Waals surface area contributed by atoms with E-state index in [9.17, 15) is 0 Å². The Balaban J connectivity index is 2.11. The number of nitrogens with one attached hydrogen (secondary N) is 1. The van der Waals surface area contributed by atoms with Gasteiger partial charge in [-0.05, 0) is 48.8 Å². The molecule has 2 unspecified atom stereocenters. The second kappa shape index (κ2) is 5.74. The fourth-order valence-corrected chi connectivity index (χ4v) is 3.51. The molecule has 3 heteroatoms. The van der Waals surface area contributed by atoms with E-state index in [1.54, 1.807) is 7.11 Å². The molecule has 1 saturated carbocycles. The van der Waals surface area contributed by atoms with Crippen LogP contribution in [0.3, 0.4) is 0 Å². The van der Waals surface area contributed by atoms with Crippen molar-refractivity contribution in [1.82, 2.24) is 0 Å². The van der Waals surface area contributed by atoms with E-state index in [2.05, 4.69) is 48.1 Å². The molecule has 0 heterocycles. The van der Waals surface area contributed by atoms with E-state index < -0.39 is 0 Å². The summed E-state index contributed by atoms with van der Waals surface area (Å²) in [5.41, 5.74) is 1.58. The normalized spacial score (nSPS) is 25.9. The van der Waals surface area contributed by atoms with Gasteiger partial charge in [0.25, 0.3) is 0 Å². The zero-order chi connectivity index (χ0) is 14.0. The average molecular weight is 326 g/mol. The van der Waals surface area contributed by atoms with Gasteiger partial charge >= 0.3 is 0 Å². The van der Waals surface area contributed by atoms with Crippen molar-refractivity contribution in [3.05, 3.63) is 22.7 Å². The molecule has 2 nitrogen and oxygen atoms in total. The molecule has 1 aliphatic rings. The lowest BCUT2D eigenvalue weighted by atomic mass is 9.70. The zero-order valence-corrected chi connectivity index (χ0v) is 13.9. The number of ether oxygens (including phenoxy) is 1. The highest BCUT2D eigenvalue weighted by Crippen LogP contribution is 2.40. The number of hydrogen-bond donors (Lipinski definition) is 1. The molecule has 1 N–H and O–H groups in total. The third-order valence-corrected chi connectivity index (χ3v) is 4.69. The molecule has 0 saturated heterocycles. The van der Waals surface area contributed by atoms with E-state index in [0.29, 0.717) is 17.4 Å². The van der Waals surface area contributed by atoms with E-state index in [1.807, 2.05) is 12.1 Å². The van der Waals surface area contributed by atoms with Crippen molar-refractivity contribution in [1.29, 1.82) is 0 Å². The summed E-state index contributed by atoms with van der Waals surface area (Å²) in [6.45, 7) is 7.10. The molecule has 0 bridgehead atoms. The maximum absolute atomic E-state index is 5.43. The van der Waals surface area contributed by atoms with Crippen molar-refractivity contribution in [2.24, 2.45) is 11.3 Å². The van der Waals surface area contributed by atoms with Gasteiger partial charge in [0.15, 0.2) is 0 Å². The van der Waals surface area contributed by atoms with Crippen LogP contribution in [0.15, 0.2) is 22.7 Å². The van der Waals surface area contributed by atoms with Crippen molar-refractivity contribution in [3.63, 3.8) is 0 Å². The Hall–Kier alpha value is -0.700. The minimum atomic E-state index is 0.485. The molecule has 0 aromatic heterocycles. The van der Waals surface area contributed by atoms with Crippen molar-refractivity contribution in [2.45, 2.75) is 46.1 Å². The Morgan fingerprint density at radius 1 is 1.37 bits per heavy atom. The second-order valence-corrected chi connectivity index (χ2v) is 7.40. The van der Waals surface area contributed by atoms with Crippen LogP contribution in [-0.2, 0) is 0 Å². The number of hydrogen-bond acceptors (Lipinski definition) is 2. The van der Waals surface area contributed by atoms with Crippen molar-refractivity contribution in [2.75, 3.05) is 12.4 Å². The highest BCUT2D eigenvalue weighted by atomic mass is 79.9. The van der Waals surface area contributed by atoms with E-state index >= 15 is 0 Å². The van der Waals surface area contributed by atoms with E-state index in [4.69, 9.17) is 4.74 Å². The molecule has 1 fully saturated rings. The number of rotatable bonds is 3. The van der Waals surface area contributed by atoms with Gasteiger partial charge in [0, 0.05) is 10.5 Å². The average Bonchev–Trinajstić information content (AvgIpc) is 2.32. The van der Waals surface area contributed by atoms with Crippen LogP contribution in [0.4, 0.5) is 5.69 Å². The Labute approximate surface area is 125 Å². The van der Waals surface area contributed by atoms with Gasteiger partial charge in [0.05, 0.1) is 12.8 Å². The van der Waals surface area contributed by atoms with Crippen LogP contribution < -0.4 is 10.1 Å². The lowest BCUT2D eigenvalue weighted by Crippen LogP contribution is -2.36. The molecule has 0 aliphatic heterocycles. The van der Waals surface area contributed by atoms with Crippen LogP contribution in [0.5, 0.6) is 5.75 Å². The van der Waals surface area contributed by atoms with Gasteiger partial charge in [-0.3, -0.25) is 0 Å². The van der Waals surface area contributed by atoms with Crippen LogP contribution in [0.25, 0.3) is 0 Å². The van der Waals surface area contributed by atoms with Crippen LogP contribution in [-0.4, -0.2) is 13.2 Å². The van der Waals surface area contributed by atoms with Crippen LogP contribution in [0.2, 0.25) is 0 Å². The third kappa shape index (κ3) is 3.65. The van der Waals surface area contributed by atoms with Gasteiger partial charge in [-0.15, -0.1) is 0 Å². The van der Waals surface area contributed by atoms with E-state index in [1.165, 1.54) is 19.3 Å². The quantitative estimate of drug-likeness (QED) is 0.836. The lowest BCUT2D eigenvalue weighted by molar-refractivity contribution is 0.177. The largest absolute Gasteiger partial charge is 0.495 e. The van der Waals surface area contributed by atoms with Crippen LogP contribution >= 0.6 is 15.9 Å². The first-order valence-electron chi connectivity index (χ1n) is 7.01. The van der Waals surface area contributed by atoms with Gasteiger partial charge in [0.2, 0.25) is 0 Å². The summed E-state index contributed by atoms with van der Waals surface area (Å²) in [5, 5.41) is 3.67. The zero-order valence-electron chi connectivity index (χ0n) is 12.3. The fraction of sp³-hybridized carbons (Fsp3) is 0.625. The maximum Gasteiger partial charge on any atom is 0.142 e. The topological polar surface area (TPSA) is 21.3 Å². The summed E-state index contributed by atoms with van der Waals surface area (Å²) in [5.74, 6) is 1.60. The molecule has 0 radical (unpaired) electrons. The monoisotopic (exact) mass is 325 g/mol. The highest BCUT2D eigenvalue weighted by Gasteiger charge is 2.32. The predicted octanol–water partition coefficient (Wildman–Crippen LogP) is 5.08. The first-order valence-corrected chi connectivity index (χ1v) is 7.81. The Kier molecular flexibility index (Phi) is 4.44. The minimum Gasteiger partial charge on any atom is -0.495 e. The van der Waals surface area contributed by atoms with Crippen molar-refractivity contribution >= 4 is 21.6 Å². The molecule has 2 rings (SSSR count). The van der Waals surface area contributed by atoms with Crippen LogP contribution in [0.1, 0.15) is 40.0 Å². The molecule has 106 valence electrons. The summed E-state index contributed by atoms with van der Waals surface area (Å²) >= 11 is 3.53. The fourth-order valence-electron chi connectivity index (χ4n) is 3.15. The molecule has 1 aromatic carbocycles. The lowest BCUT2D eigenvalue weighted by Gasteiger charge is -2.40. The van der Waals surface area contributed by atoms with Gasteiger partial charge in [-0.2, -0.15) is 0 Å². The van der Waals surface area contributed by atoms with Crippen molar-refractivity contribution < 1.29 is 4.74 Å². The molecule has 0 amide bonds. The van der Waals surface area contributed by atoms with Gasteiger partial charge < -0.3 is 10.1 Å². The standard InChI is InChI=1S/C16H24BrNO/c1-11-10-16(2,3)8-7-13(11)18-14-9-12(17)5-6-15(14)19-4/h5-6,9,11,13,18H,7-8,10H2,1-4H3. The van der Waals surface area contributed by atoms with E-state index in [-0.39, 0.29) is 0 Å². The Morgan fingerprint density at radius 2 is 2.11 bits per heavy atom. The molecular weight excluding hydrogens is 302 g/mol. The summed E-state index contributed by atoms with van der Waals surface area (Å²) in [7, 11) is 1.72. The number of methoxy groups -OCH3 is 1. The predicted molar refractivity (Wildman–Crippen MR) is 84.9 cm³/mol. The first-order chi connectivity index (χ1) is 8.91. The van der Waals surface area contributed by atoms with Gasteiger partial charge in [0.1, 0.15) is 5.75 Å². The SMILES string of the molecule is COc1ccc(Br)cc1NC1CCC(C)(C)CC1C. The first kappa shape index (κ1) is 14.7. The summed E-state index contributed by atoms with van der Waals surface area (Å²) in [6, 6.07) is 6.66. The molecule has 2 atom stereocenters. The Morgan fingerprint density at radius 3 is 2.74 bits per heavy atom. The molecule has 1 aromatic rings. The molecule has 1 aliphatic carbocycles. The smallest absolute Gasteiger partial charge is 0.142 e. The molecule has 19 heavy (non-hydrogen) atoms. The number of benzene rings is 1. The maximum atomic E-state index is 5.43.